The van der Waals surface area contributed by atoms with Gasteiger partial charge in [-0.1, -0.05) is 6.92 Å². The van der Waals surface area contributed by atoms with Crippen LogP contribution < -0.4 is 0 Å². The number of hydrogen-bond donors (Lipinski definition) is 2. The van der Waals surface area contributed by atoms with E-state index in [0.29, 0.717) is 12.5 Å². The Hall–Kier alpha value is -0.120. The van der Waals surface area contributed by atoms with Gasteiger partial charge < -0.3 is 15.1 Å². The Labute approximate surface area is 81.4 Å². The molecule has 0 bridgehead atoms. The summed E-state index contributed by atoms with van der Waals surface area (Å²) in [5, 5.41) is 17.4. The molecule has 2 N–H and O–H groups in total. The van der Waals surface area contributed by atoms with Crippen molar-refractivity contribution in [1.82, 2.24) is 4.90 Å². The summed E-state index contributed by atoms with van der Waals surface area (Å²) in [6.45, 7) is 4.63. The molecule has 0 amide bonds. The molecule has 0 saturated carbocycles. The second kappa shape index (κ2) is 8.48. The summed E-state index contributed by atoms with van der Waals surface area (Å²) in [6, 6.07) is 0. The van der Waals surface area contributed by atoms with E-state index in [-0.39, 0.29) is 6.61 Å². The van der Waals surface area contributed by atoms with Gasteiger partial charge in [0.2, 0.25) is 0 Å². The Morgan fingerprint density at radius 2 is 1.85 bits per heavy atom. The number of aliphatic hydroxyl groups is 2. The van der Waals surface area contributed by atoms with E-state index in [1.807, 2.05) is 6.92 Å². The lowest BCUT2D eigenvalue weighted by atomic mass is 10.2. The molecule has 3 heteroatoms. The lowest BCUT2D eigenvalue weighted by Crippen LogP contribution is -2.27. The SMILES string of the molecule is CC(CO)CN(C)CCCCCO. The molecule has 0 aliphatic heterocycles. The Morgan fingerprint density at radius 1 is 1.15 bits per heavy atom. The van der Waals surface area contributed by atoms with Crippen LogP contribution in [0.1, 0.15) is 26.2 Å². The van der Waals surface area contributed by atoms with Gasteiger partial charge in [-0.05, 0) is 38.8 Å². The van der Waals surface area contributed by atoms with Gasteiger partial charge in [-0.2, -0.15) is 0 Å². The van der Waals surface area contributed by atoms with Gasteiger partial charge in [0.1, 0.15) is 0 Å². The molecule has 0 heterocycles. The van der Waals surface area contributed by atoms with Crippen molar-refractivity contribution in [2.24, 2.45) is 5.92 Å². The number of hydrogen-bond acceptors (Lipinski definition) is 3. The van der Waals surface area contributed by atoms with Gasteiger partial charge in [0.15, 0.2) is 0 Å². The fourth-order valence-corrected chi connectivity index (χ4v) is 1.35. The summed E-state index contributed by atoms with van der Waals surface area (Å²) in [7, 11) is 2.07. The monoisotopic (exact) mass is 189 g/mol. The molecule has 0 aliphatic carbocycles. The molecular weight excluding hydrogens is 166 g/mol. The topological polar surface area (TPSA) is 43.7 Å². The van der Waals surface area contributed by atoms with Gasteiger partial charge in [-0.3, -0.25) is 0 Å². The maximum Gasteiger partial charge on any atom is 0.0468 e. The van der Waals surface area contributed by atoms with E-state index in [1.54, 1.807) is 0 Å². The van der Waals surface area contributed by atoms with Crippen molar-refractivity contribution in [3.8, 4) is 0 Å². The van der Waals surface area contributed by atoms with Gasteiger partial charge >= 0.3 is 0 Å². The van der Waals surface area contributed by atoms with Crippen LogP contribution in [0.5, 0.6) is 0 Å². The molecule has 0 aliphatic rings. The van der Waals surface area contributed by atoms with E-state index in [2.05, 4.69) is 11.9 Å². The van der Waals surface area contributed by atoms with Crippen LogP contribution in [0.2, 0.25) is 0 Å². The van der Waals surface area contributed by atoms with Crippen LogP contribution in [0.3, 0.4) is 0 Å². The average molecular weight is 189 g/mol. The van der Waals surface area contributed by atoms with Crippen LogP contribution >= 0.6 is 0 Å². The first-order valence-electron chi connectivity index (χ1n) is 5.11. The largest absolute Gasteiger partial charge is 0.396 e. The number of unbranched alkanes of at least 4 members (excludes halogenated alkanes) is 2. The number of rotatable bonds is 8. The van der Waals surface area contributed by atoms with Crippen molar-refractivity contribution < 1.29 is 10.2 Å². The highest BCUT2D eigenvalue weighted by molar-refractivity contribution is 4.57. The standard InChI is InChI=1S/C10H23NO2/c1-10(9-13)8-11(2)6-4-3-5-7-12/h10,12-13H,3-9H2,1-2H3. The Bertz CT molecular complexity index is 109. The third kappa shape index (κ3) is 8.22. The van der Waals surface area contributed by atoms with E-state index in [1.165, 1.54) is 0 Å². The number of aliphatic hydroxyl groups excluding tert-OH is 2. The molecular formula is C10H23NO2. The van der Waals surface area contributed by atoms with Crippen molar-refractivity contribution in [2.45, 2.75) is 26.2 Å². The zero-order valence-electron chi connectivity index (χ0n) is 8.87. The molecule has 0 rings (SSSR count). The third-order valence-corrected chi connectivity index (χ3v) is 2.13. The maximum absolute atomic E-state index is 8.83. The molecule has 0 aromatic carbocycles. The summed E-state index contributed by atoms with van der Waals surface area (Å²) in [5.41, 5.74) is 0. The minimum absolute atomic E-state index is 0.265. The molecule has 0 fully saturated rings. The average Bonchev–Trinajstić information content (AvgIpc) is 2.12. The second-order valence-corrected chi connectivity index (χ2v) is 3.83. The zero-order valence-corrected chi connectivity index (χ0v) is 8.87. The van der Waals surface area contributed by atoms with Crippen molar-refractivity contribution in [2.75, 3.05) is 33.4 Å². The zero-order chi connectivity index (χ0) is 10.1. The first-order chi connectivity index (χ1) is 6.20. The minimum Gasteiger partial charge on any atom is -0.396 e. The van der Waals surface area contributed by atoms with Crippen molar-refractivity contribution in [3.05, 3.63) is 0 Å². The predicted molar refractivity (Wildman–Crippen MR) is 54.7 cm³/mol. The molecule has 0 saturated heterocycles. The smallest absolute Gasteiger partial charge is 0.0468 e. The Balaban J connectivity index is 3.24. The van der Waals surface area contributed by atoms with Crippen molar-refractivity contribution in [1.29, 1.82) is 0 Å². The molecule has 80 valence electrons. The van der Waals surface area contributed by atoms with Crippen LogP contribution in [0.15, 0.2) is 0 Å². The van der Waals surface area contributed by atoms with Gasteiger partial charge in [0, 0.05) is 19.8 Å². The molecule has 0 aromatic heterocycles. The van der Waals surface area contributed by atoms with E-state index in [4.69, 9.17) is 10.2 Å². The highest BCUT2D eigenvalue weighted by atomic mass is 16.3. The molecule has 13 heavy (non-hydrogen) atoms. The first kappa shape index (κ1) is 12.9. The summed E-state index contributed by atoms with van der Waals surface area (Å²) in [6.07, 6.45) is 3.13. The normalized spacial score (nSPS) is 13.6. The van der Waals surface area contributed by atoms with Crippen LogP contribution in [0, 0.1) is 5.92 Å². The highest BCUT2D eigenvalue weighted by Crippen LogP contribution is 2.00. The fourth-order valence-electron chi connectivity index (χ4n) is 1.35. The molecule has 1 unspecified atom stereocenters. The van der Waals surface area contributed by atoms with E-state index in [0.717, 1.165) is 32.4 Å². The lowest BCUT2D eigenvalue weighted by molar-refractivity contribution is 0.188. The molecule has 3 nitrogen and oxygen atoms in total. The minimum atomic E-state index is 0.265. The number of nitrogens with zero attached hydrogens (tertiary/aromatic N) is 1. The van der Waals surface area contributed by atoms with Gasteiger partial charge in [-0.25, -0.2) is 0 Å². The maximum atomic E-state index is 8.83. The molecule has 0 radical (unpaired) electrons. The predicted octanol–water partition coefficient (Wildman–Crippen LogP) is 0.709. The summed E-state index contributed by atoms with van der Waals surface area (Å²) < 4.78 is 0. The van der Waals surface area contributed by atoms with Crippen molar-refractivity contribution >= 4 is 0 Å². The molecule has 0 spiro atoms. The van der Waals surface area contributed by atoms with Crippen molar-refractivity contribution in [3.63, 3.8) is 0 Å². The summed E-state index contributed by atoms with van der Waals surface area (Å²) in [4.78, 5) is 2.23. The van der Waals surface area contributed by atoms with Gasteiger partial charge in [0.25, 0.3) is 0 Å². The Morgan fingerprint density at radius 3 is 2.38 bits per heavy atom. The molecule has 1 atom stereocenters. The quantitative estimate of drug-likeness (QED) is 0.553. The lowest BCUT2D eigenvalue weighted by Gasteiger charge is -2.19. The fraction of sp³-hybridized carbons (Fsp3) is 1.00. The van der Waals surface area contributed by atoms with Crippen LogP contribution in [0.4, 0.5) is 0 Å². The van der Waals surface area contributed by atoms with Gasteiger partial charge in [-0.15, -0.1) is 0 Å². The van der Waals surface area contributed by atoms with Crippen LogP contribution in [0.25, 0.3) is 0 Å². The second-order valence-electron chi connectivity index (χ2n) is 3.83. The Kier molecular flexibility index (Phi) is 8.40. The summed E-state index contributed by atoms with van der Waals surface area (Å²) >= 11 is 0. The van der Waals surface area contributed by atoms with E-state index < -0.39 is 0 Å². The molecule has 0 aromatic rings. The van der Waals surface area contributed by atoms with E-state index >= 15 is 0 Å². The summed E-state index contributed by atoms with van der Waals surface area (Å²) in [5.74, 6) is 0.364. The highest BCUT2D eigenvalue weighted by Gasteiger charge is 2.03. The van der Waals surface area contributed by atoms with Gasteiger partial charge in [0.05, 0.1) is 0 Å². The van der Waals surface area contributed by atoms with E-state index in [9.17, 15) is 0 Å². The first-order valence-corrected chi connectivity index (χ1v) is 5.11. The van der Waals surface area contributed by atoms with Crippen LogP contribution in [-0.4, -0.2) is 48.5 Å². The van der Waals surface area contributed by atoms with Crippen LogP contribution in [-0.2, 0) is 0 Å². The third-order valence-electron chi connectivity index (χ3n) is 2.13.